The summed E-state index contributed by atoms with van der Waals surface area (Å²) in [7, 11) is -0.298. The van der Waals surface area contributed by atoms with E-state index in [1.807, 2.05) is 53.7 Å². The Morgan fingerprint density at radius 2 is 1.75 bits per heavy atom. The number of hydrazine groups is 1. The number of ether oxygens (including phenoxy) is 1. The summed E-state index contributed by atoms with van der Waals surface area (Å²) in [4.78, 5) is 34.4. The fourth-order valence-electron chi connectivity index (χ4n) is 7.30. The number of hydrogen-bond donors (Lipinski definition) is 3. The van der Waals surface area contributed by atoms with Gasteiger partial charge in [0.2, 0.25) is 6.79 Å². The molecule has 3 aliphatic rings. The number of rotatable bonds is 13. The molecule has 0 saturated heterocycles. The van der Waals surface area contributed by atoms with E-state index in [-0.39, 0.29) is 32.9 Å². The summed E-state index contributed by atoms with van der Waals surface area (Å²) in [6, 6.07) is 11.6. The monoisotopic (exact) mass is 846 g/mol. The maximum Gasteiger partial charge on any atom is 0.417 e. The molecule has 5 N–H and O–H groups in total. The van der Waals surface area contributed by atoms with Crippen LogP contribution in [-0.2, 0) is 25.4 Å². The zero-order valence-corrected chi connectivity index (χ0v) is 37.2. The average Bonchev–Trinajstić information content (AvgIpc) is 3.07. The molecule has 0 spiro atoms. The summed E-state index contributed by atoms with van der Waals surface area (Å²) in [5.74, 6) is 7.38. The molecule has 3 aliphatic carbocycles. The van der Waals surface area contributed by atoms with Crippen LogP contribution in [0.3, 0.4) is 0 Å². The number of nitriles is 1. The third-order valence-corrected chi connectivity index (χ3v) is 12.2. The van der Waals surface area contributed by atoms with Gasteiger partial charge < -0.3 is 34.4 Å². The van der Waals surface area contributed by atoms with Crippen molar-refractivity contribution in [2.75, 3.05) is 23.6 Å². The number of fused-ring (bicyclic) bond motifs is 2. The van der Waals surface area contributed by atoms with Crippen molar-refractivity contribution in [2.45, 2.75) is 104 Å². The van der Waals surface area contributed by atoms with Gasteiger partial charge >= 0.3 is 14.7 Å². The summed E-state index contributed by atoms with van der Waals surface area (Å²) >= 11 is 7.05. The van der Waals surface area contributed by atoms with Crippen LogP contribution in [0, 0.1) is 22.7 Å². The van der Waals surface area contributed by atoms with Crippen molar-refractivity contribution in [1.82, 2.24) is 14.6 Å². The molecule has 59 heavy (non-hydrogen) atoms. The lowest BCUT2D eigenvalue weighted by Gasteiger charge is -2.65. The summed E-state index contributed by atoms with van der Waals surface area (Å²) in [5, 5.41) is 17.0. The third kappa shape index (κ3) is 9.78. The number of carbonyl (C=O) groups is 1. The fourth-order valence-corrected chi connectivity index (χ4v) is 8.74. The maximum atomic E-state index is 15.0. The van der Waals surface area contributed by atoms with Crippen LogP contribution in [0.1, 0.15) is 98.7 Å². The topological polar surface area (TPSA) is 183 Å². The van der Waals surface area contributed by atoms with Gasteiger partial charge in [-0.05, 0) is 107 Å². The number of benzene rings is 2. The molecule has 7 rings (SSSR count). The summed E-state index contributed by atoms with van der Waals surface area (Å²) in [6.07, 6.45) is 6.77. The highest BCUT2D eigenvalue weighted by atomic mass is 35.5. The van der Waals surface area contributed by atoms with Gasteiger partial charge in [-0.25, -0.2) is 10.6 Å². The first-order valence-electron chi connectivity index (χ1n) is 19.6. The number of nitrogens with zero attached hydrogens (tertiary/aromatic N) is 5. The van der Waals surface area contributed by atoms with Gasteiger partial charge in [0, 0.05) is 43.0 Å². The lowest BCUT2D eigenvalue weighted by Crippen LogP contribution is -2.68. The standard InChI is InChI=1S/C43H56ClN8O6P/c1-40(2,3)24-49-35-27(21-45)22-48-36-32(35)16-28(17-33(36)44)52(39(54)55-25-56-59(57-41(4,5)6)58-42(7,8)9)37(34(46)23-51(47)43-18-26(19-43)20-43)30-12-11-13-31-29(30)14-15-50(10)38(31)53/h11-17,22-23,26,37H,18-20,24-25,46-47H2,1-10H3,(H,48,49)/b34-23-/t26?,37-,43?/m0/s1. The minimum Gasteiger partial charge on any atom is -0.421 e. The van der Waals surface area contributed by atoms with Gasteiger partial charge in [-0.3, -0.25) is 19.2 Å². The molecule has 1 atom stereocenters. The number of nitrogens with two attached hydrogens (primary N) is 2. The quantitative estimate of drug-likeness (QED) is 0.0503. The minimum absolute atomic E-state index is 0.156. The Bertz CT molecular complexity index is 2340. The molecule has 2 aromatic carbocycles. The lowest BCUT2D eigenvalue weighted by atomic mass is 9.49. The Balaban J connectivity index is 1.55. The Hall–Kier alpha value is -4.48. The van der Waals surface area contributed by atoms with Gasteiger partial charge in [0.1, 0.15) is 12.1 Å². The third-order valence-electron chi connectivity index (χ3n) is 10.2. The van der Waals surface area contributed by atoms with Crippen LogP contribution < -0.4 is 27.4 Å². The molecule has 2 aromatic heterocycles. The van der Waals surface area contributed by atoms with Crippen LogP contribution in [0.2, 0.25) is 5.02 Å². The number of anilines is 2. The SMILES string of the molecule is Cn1ccc2c([C@@H](/C(N)=C/N(N)C34CC(C3)C4)N(C(=O)OCOP(OC(C)(C)C)OC(C)(C)C)c3cc(Cl)c4ncc(C#N)c(NCC(C)(C)C)c4c3)cccc2c1=O. The summed E-state index contributed by atoms with van der Waals surface area (Å²) in [6.45, 7) is 17.4. The molecule has 3 saturated carbocycles. The van der Waals surface area contributed by atoms with E-state index in [2.05, 4.69) is 37.1 Å². The number of amides is 1. The van der Waals surface area contributed by atoms with E-state index in [9.17, 15) is 14.9 Å². The van der Waals surface area contributed by atoms with Crippen molar-refractivity contribution >= 4 is 59.3 Å². The number of hydrogen-bond acceptors (Lipinski definition) is 12. The number of carbonyl (C=O) groups excluding carboxylic acids is 1. The minimum atomic E-state index is -1.97. The van der Waals surface area contributed by atoms with Gasteiger partial charge in [-0.15, -0.1) is 0 Å². The average molecular weight is 847 g/mol. The Labute approximate surface area is 352 Å². The summed E-state index contributed by atoms with van der Waals surface area (Å²) < 4.78 is 25.6. The second-order valence-corrected chi connectivity index (χ2v) is 20.2. The smallest absolute Gasteiger partial charge is 0.417 e. The van der Waals surface area contributed by atoms with Crippen molar-refractivity contribution in [3.63, 3.8) is 0 Å². The molecule has 3 fully saturated rings. The van der Waals surface area contributed by atoms with Gasteiger partial charge in [-0.1, -0.05) is 44.5 Å². The molecule has 1 amide bonds. The van der Waals surface area contributed by atoms with Crippen LogP contribution in [0.4, 0.5) is 16.2 Å². The Kier molecular flexibility index (Phi) is 12.3. The zero-order chi connectivity index (χ0) is 43.2. The van der Waals surface area contributed by atoms with Crippen LogP contribution in [0.25, 0.3) is 21.7 Å². The predicted molar refractivity (Wildman–Crippen MR) is 233 cm³/mol. The van der Waals surface area contributed by atoms with E-state index in [0.717, 1.165) is 19.3 Å². The predicted octanol–water partition coefficient (Wildman–Crippen LogP) is 9.11. The number of nitrogens with one attached hydrogen (secondary N) is 1. The van der Waals surface area contributed by atoms with E-state index >= 15 is 0 Å². The molecule has 2 heterocycles. The molecule has 316 valence electrons. The number of aromatic nitrogens is 2. The van der Waals surface area contributed by atoms with Crippen LogP contribution >= 0.6 is 20.2 Å². The second-order valence-electron chi connectivity index (χ2n) is 18.7. The van der Waals surface area contributed by atoms with Gasteiger partial charge in [0.25, 0.3) is 5.56 Å². The molecule has 0 radical (unpaired) electrons. The first kappa shape index (κ1) is 44.1. The van der Waals surface area contributed by atoms with Crippen molar-refractivity contribution in [1.29, 1.82) is 5.26 Å². The number of pyridine rings is 2. The highest BCUT2D eigenvalue weighted by molar-refractivity contribution is 7.41. The first-order chi connectivity index (χ1) is 27.5. The first-order valence-corrected chi connectivity index (χ1v) is 21.1. The molecular weight excluding hydrogens is 791 g/mol. The number of aryl methyl sites for hydroxylation is 1. The molecule has 16 heteroatoms. The van der Waals surface area contributed by atoms with E-state index < -0.39 is 38.7 Å². The Morgan fingerprint density at radius 3 is 2.32 bits per heavy atom. The van der Waals surface area contributed by atoms with Crippen LogP contribution in [0.5, 0.6) is 0 Å². The second kappa shape index (κ2) is 16.5. The van der Waals surface area contributed by atoms with E-state index in [1.165, 1.54) is 15.7 Å². The molecule has 2 bridgehead atoms. The number of halogens is 1. The van der Waals surface area contributed by atoms with Gasteiger partial charge in [-0.2, -0.15) is 5.26 Å². The van der Waals surface area contributed by atoms with Crippen molar-refractivity contribution in [3.8, 4) is 6.07 Å². The van der Waals surface area contributed by atoms with E-state index in [4.69, 9.17) is 41.5 Å². The van der Waals surface area contributed by atoms with Crippen molar-refractivity contribution in [3.05, 3.63) is 87.2 Å². The highest BCUT2D eigenvalue weighted by Gasteiger charge is 2.59. The normalized spacial score (nSPS) is 18.6. The van der Waals surface area contributed by atoms with Crippen molar-refractivity contribution in [2.24, 2.45) is 30.0 Å². The molecule has 14 nitrogen and oxygen atoms in total. The molecule has 0 aliphatic heterocycles. The lowest BCUT2D eigenvalue weighted by molar-refractivity contribution is -0.124. The molecule has 0 unspecified atom stereocenters. The van der Waals surface area contributed by atoms with Crippen LogP contribution in [0.15, 0.2) is 65.5 Å². The summed E-state index contributed by atoms with van der Waals surface area (Å²) in [5.41, 5.74) is 7.49. The van der Waals surface area contributed by atoms with Crippen molar-refractivity contribution < 1.29 is 23.1 Å². The molecular formula is C43H56ClN8O6P. The van der Waals surface area contributed by atoms with E-state index in [0.29, 0.717) is 51.0 Å². The van der Waals surface area contributed by atoms with Crippen LogP contribution in [-0.4, -0.2) is 50.7 Å². The maximum absolute atomic E-state index is 15.0. The van der Waals surface area contributed by atoms with Gasteiger partial charge in [0.05, 0.1) is 49.9 Å². The highest BCUT2D eigenvalue weighted by Crippen LogP contribution is 2.60. The molecule has 4 aromatic rings. The Morgan fingerprint density at radius 1 is 1.08 bits per heavy atom. The van der Waals surface area contributed by atoms with Gasteiger partial charge in [0.15, 0.2) is 0 Å². The zero-order valence-electron chi connectivity index (χ0n) is 35.6. The fraction of sp³-hybridized carbons (Fsp3) is 0.488. The largest absolute Gasteiger partial charge is 0.421 e. The van der Waals surface area contributed by atoms with E-state index in [1.54, 1.807) is 48.7 Å².